The third-order valence-corrected chi connectivity index (χ3v) is 2.51. The van der Waals surface area contributed by atoms with E-state index in [4.69, 9.17) is 10.5 Å². The number of hydrogen-bond donors (Lipinski definition) is 1. The van der Waals surface area contributed by atoms with Gasteiger partial charge < -0.3 is 20.3 Å². The van der Waals surface area contributed by atoms with Gasteiger partial charge in [-0.3, -0.25) is 4.79 Å². The van der Waals surface area contributed by atoms with Gasteiger partial charge in [0.15, 0.2) is 0 Å². The SMILES string of the molecule is CN(C)CCCN1CCOC(CN)C1=O. The fraction of sp³-hybridized carbons (Fsp3) is 0.900. The lowest BCUT2D eigenvalue weighted by Crippen LogP contribution is -2.51. The molecule has 1 amide bonds. The van der Waals surface area contributed by atoms with Gasteiger partial charge in [-0.25, -0.2) is 0 Å². The number of carbonyl (C=O) groups is 1. The van der Waals surface area contributed by atoms with Crippen LogP contribution in [0.1, 0.15) is 6.42 Å². The van der Waals surface area contributed by atoms with E-state index < -0.39 is 6.10 Å². The number of rotatable bonds is 5. The van der Waals surface area contributed by atoms with E-state index in [-0.39, 0.29) is 12.5 Å². The molecule has 5 nitrogen and oxygen atoms in total. The average molecular weight is 215 g/mol. The van der Waals surface area contributed by atoms with Crippen LogP contribution in [-0.4, -0.2) is 68.7 Å². The highest BCUT2D eigenvalue weighted by Gasteiger charge is 2.27. The molecule has 1 fully saturated rings. The molecule has 1 saturated heterocycles. The van der Waals surface area contributed by atoms with Crippen LogP contribution in [0.2, 0.25) is 0 Å². The third-order valence-electron chi connectivity index (χ3n) is 2.51. The summed E-state index contributed by atoms with van der Waals surface area (Å²) in [4.78, 5) is 15.7. The monoisotopic (exact) mass is 215 g/mol. The molecule has 5 heteroatoms. The van der Waals surface area contributed by atoms with Crippen LogP contribution in [0.5, 0.6) is 0 Å². The van der Waals surface area contributed by atoms with Gasteiger partial charge in [0.1, 0.15) is 6.10 Å². The number of nitrogens with two attached hydrogens (primary N) is 1. The summed E-state index contributed by atoms with van der Waals surface area (Å²) < 4.78 is 5.27. The molecule has 1 rings (SSSR count). The molecular weight excluding hydrogens is 194 g/mol. The van der Waals surface area contributed by atoms with Crippen molar-refractivity contribution in [3.05, 3.63) is 0 Å². The van der Waals surface area contributed by atoms with Gasteiger partial charge in [0, 0.05) is 19.6 Å². The Labute approximate surface area is 91.2 Å². The largest absolute Gasteiger partial charge is 0.365 e. The zero-order valence-corrected chi connectivity index (χ0v) is 9.61. The molecule has 1 aliphatic heterocycles. The second-order valence-electron chi connectivity index (χ2n) is 4.08. The van der Waals surface area contributed by atoms with Gasteiger partial charge in [-0.2, -0.15) is 0 Å². The van der Waals surface area contributed by atoms with Gasteiger partial charge in [-0.1, -0.05) is 0 Å². The average Bonchev–Trinajstić information content (AvgIpc) is 2.20. The number of hydrogen-bond acceptors (Lipinski definition) is 4. The minimum atomic E-state index is -0.418. The topological polar surface area (TPSA) is 58.8 Å². The van der Waals surface area contributed by atoms with Gasteiger partial charge >= 0.3 is 0 Å². The fourth-order valence-electron chi connectivity index (χ4n) is 1.66. The Morgan fingerprint density at radius 1 is 1.60 bits per heavy atom. The molecule has 15 heavy (non-hydrogen) atoms. The van der Waals surface area contributed by atoms with Gasteiger partial charge in [0.2, 0.25) is 0 Å². The Morgan fingerprint density at radius 3 is 2.93 bits per heavy atom. The normalized spacial score (nSPS) is 22.5. The lowest BCUT2D eigenvalue weighted by Gasteiger charge is -2.32. The van der Waals surface area contributed by atoms with Crippen molar-refractivity contribution in [3.63, 3.8) is 0 Å². The maximum atomic E-state index is 11.7. The Balaban J connectivity index is 2.31. The van der Waals surface area contributed by atoms with E-state index in [1.807, 2.05) is 19.0 Å². The van der Waals surface area contributed by atoms with Crippen molar-refractivity contribution in [2.75, 3.05) is 46.9 Å². The van der Waals surface area contributed by atoms with Gasteiger partial charge in [-0.15, -0.1) is 0 Å². The quantitative estimate of drug-likeness (QED) is 0.647. The van der Waals surface area contributed by atoms with Crippen molar-refractivity contribution < 1.29 is 9.53 Å². The molecule has 1 atom stereocenters. The Hall–Kier alpha value is -0.650. The van der Waals surface area contributed by atoms with Crippen LogP contribution < -0.4 is 5.73 Å². The predicted molar refractivity (Wildman–Crippen MR) is 58.5 cm³/mol. The first-order valence-corrected chi connectivity index (χ1v) is 5.40. The molecule has 0 aliphatic carbocycles. The van der Waals surface area contributed by atoms with E-state index in [2.05, 4.69) is 4.90 Å². The molecule has 0 saturated carbocycles. The van der Waals surface area contributed by atoms with E-state index in [0.29, 0.717) is 13.2 Å². The van der Waals surface area contributed by atoms with Crippen LogP contribution >= 0.6 is 0 Å². The van der Waals surface area contributed by atoms with E-state index in [1.54, 1.807) is 0 Å². The van der Waals surface area contributed by atoms with Gasteiger partial charge in [0.25, 0.3) is 5.91 Å². The Kier molecular flexibility index (Phi) is 5.01. The van der Waals surface area contributed by atoms with Gasteiger partial charge in [-0.05, 0) is 27.1 Å². The summed E-state index contributed by atoms with van der Waals surface area (Å²) in [5.74, 6) is 0.0440. The maximum absolute atomic E-state index is 11.7. The zero-order chi connectivity index (χ0) is 11.3. The molecule has 0 aromatic rings. The van der Waals surface area contributed by atoms with Crippen molar-refractivity contribution in [1.29, 1.82) is 0 Å². The number of ether oxygens (including phenoxy) is 1. The molecule has 1 aliphatic rings. The van der Waals surface area contributed by atoms with Crippen LogP contribution in [0.25, 0.3) is 0 Å². The van der Waals surface area contributed by atoms with Crippen molar-refractivity contribution in [3.8, 4) is 0 Å². The van der Waals surface area contributed by atoms with E-state index in [0.717, 1.165) is 19.5 Å². The third kappa shape index (κ3) is 3.77. The lowest BCUT2D eigenvalue weighted by molar-refractivity contribution is -0.151. The minimum absolute atomic E-state index is 0.0440. The van der Waals surface area contributed by atoms with Crippen LogP contribution in [0.15, 0.2) is 0 Å². The lowest BCUT2D eigenvalue weighted by atomic mass is 10.2. The maximum Gasteiger partial charge on any atom is 0.253 e. The van der Waals surface area contributed by atoms with Crippen molar-refractivity contribution in [2.45, 2.75) is 12.5 Å². The van der Waals surface area contributed by atoms with Crippen molar-refractivity contribution >= 4 is 5.91 Å². The second kappa shape index (κ2) is 6.05. The standard InChI is InChI=1S/C10H21N3O2/c1-12(2)4-3-5-13-6-7-15-9(8-11)10(13)14/h9H,3-8,11H2,1-2H3. The fourth-order valence-corrected chi connectivity index (χ4v) is 1.66. The molecule has 1 heterocycles. The molecule has 0 radical (unpaired) electrons. The van der Waals surface area contributed by atoms with Crippen LogP contribution in [0, 0.1) is 0 Å². The molecule has 2 N–H and O–H groups in total. The summed E-state index contributed by atoms with van der Waals surface area (Å²) in [6, 6.07) is 0. The first kappa shape index (κ1) is 12.4. The Bertz CT molecular complexity index is 209. The second-order valence-corrected chi connectivity index (χ2v) is 4.08. The summed E-state index contributed by atoms with van der Waals surface area (Å²) in [6.07, 6.45) is 0.578. The molecular formula is C10H21N3O2. The molecule has 88 valence electrons. The van der Waals surface area contributed by atoms with E-state index >= 15 is 0 Å². The number of morpholine rings is 1. The highest BCUT2D eigenvalue weighted by Crippen LogP contribution is 2.06. The zero-order valence-electron chi connectivity index (χ0n) is 9.61. The van der Waals surface area contributed by atoms with E-state index in [9.17, 15) is 4.79 Å². The highest BCUT2D eigenvalue weighted by atomic mass is 16.5. The molecule has 0 bridgehead atoms. The van der Waals surface area contributed by atoms with Crippen molar-refractivity contribution in [1.82, 2.24) is 9.80 Å². The number of amides is 1. The minimum Gasteiger partial charge on any atom is -0.365 e. The first-order chi connectivity index (χ1) is 7.15. The molecule has 0 aromatic heterocycles. The van der Waals surface area contributed by atoms with Crippen LogP contribution in [0.4, 0.5) is 0 Å². The van der Waals surface area contributed by atoms with Gasteiger partial charge in [0.05, 0.1) is 6.61 Å². The summed E-state index contributed by atoms with van der Waals surface area (Å²) in [6.45, 7) is 3.39. The smallest absolute Gasteiger partial charge is 0.253 e. The number of carbonyl (C=O) groups excluding carboxylic acids is 1. The van der Waals surface area contributed by atoms with E-state index in [1.165, 1.54) is 0 Å². The molecule has 0 spiro atoms. The summed E-state index contributed by atoms with van der Waals surface area (Å²) >= 11 is 0. The summed E-state index contributed by atoms with van der Waals surface area (Å²) in [5, 5.41) is 0. The summed E-state index contributed by atoms with van der Waals surface area (Å²) in [7, 11) is 4.06. The summed E-state index contributed by atoms with van der Waals surface area (Å²) in [5.41, 5.74) is 5.45. The highest BCUT2D eigenvalue weighted by molar-refractivity contribution is 5.81. The molecule has 0 aromatic carbocycles. The number of nitrogens with zero attached hydrogens (tertiary/aromatic N) is 2. The van der Waals surface area contributed by atoms with Crippen molar-refractivity contribution in [2.24, 2.45) is 5.73 Å². The Morgan fingerprint density at radius 2 is 2.33 bits per heavy atom. The first-order valence-electron chi connectivity index (χ1n) is 5.40. The van der Waals surface area contributed by atoms with Crippen LogP contribution in [0.3, 0.4) is 0 Å². The van der Waals surface area contributed by atoms with Crippen LogP contribution in [-0.2, 0) is 9.53 Å². The predicted octanol–water partition coefficient (Wildman–Crippen LogP) is -0.876. The molecule has 1 unspecified atom stereocenters.